The summed E-state index contributed by atoms with van der Waals surface area (Å²) >= 11 is 0. The SMILES string of the molecule is CC1=C2OC(C)(C)CC2C(C)C(S(=O)(=O)NC(=NC2c3ccccc3CCc3ccccc32)N2CCC(NC(=O)OCC3c4ccccc4-c4ccccc43)(C(=O)O)CC2)=C1C. The molecule has 2 saturated heterocycles. The Hall–Kier alpha value is -5.88. The summed E-state index contributed by atoms with van der Waals surface area (Å²) in [5, 5.41) is 13.4. The van der Waals surface area contributed by atoms with E-state index in [1.54, 1.807) is 0 Å². The molecule has 2 atom stereocenters. The average molecular weight is 855 g/mol. The van der Waals surface area contributed by atoms with E-state index in [2.05, 4.69) is 46.4 Å². The molecule has 4 aromatic carbocycles. The number of hydrogen-bond acceptors (Lipinski definition) is 7. The van der Waals surface area contributed by atoms with Gasteiger partial charge in [0.05, 0.1) is 4.91 Å². The van der Waals surface area contributed by atoms with Crippen LogP contribution in [-0.4, -0.2) is 67.3 Å². The van der Waals surface area contributed by atoms with Crippen molar-refractivity contribution < 1.29 is 32.6 Å². The molecule has 2 heterocycles. The third-order valence-corrected chi connectivity index (χ3v) is 15.6. The first-order valence-electron chi connectivity index (χ1n) is 21.6. The van der Waals surface area contributed by atoms with Crippen LogP contribution in [-0.2, 0) is 37.1 Å². The van der Waals surface area contributed by atoms with Crippen LogP contribution in [0.4, 0.5) is 4.79 Å². The molecule has 0 bridgehead atoms. The maximum absolute atomic E-state index is 15.0. The number of benzene rings is 4. The fourth-order valence-corrected chi connectivity index (χ4v) is 12.3. The molecule has 2 fully saturated rings. The predicted molar refractivity (Wildman–Crippen MR) is 239 cm³/mol. The second-order valence-corrected chi connectivity index (χ2v) is 19.8. The number of carbonyl (C=O) groups excluding carboxylic acids is 1. The van der Waals surface area contributed by atoms with Gasteiger partial charge in [-0.1, -0.05) is 104 Å². The third-order valence-electron chi connectivity index (χ3n) is 13.9. The zero-order valence-corrected chi connectivity index (χ0v) is 36.7. The highest BCUT2D eigenvalue weighted by Crippen LogP contribution is 2.51. The van der Waals surface area contributed by atoms with Crippen molar-refractivity contribution in [3.63, 3.8) is 0 Å². The van der Waals surface area contributed by atoms with Gasteiger partial charge in [-0.15, -0.1) is 0 Å². The van der Waals surface area contributed by atoms with Gasteiger partial charge >= 0.3 is 12.1 Å². The Morgan fingerprint density at radius 1 is 0.823 bits per heavy atom. The Morgan fingerprint density at radius 2 is 1.35 bits per heavy atom. The summed E-state index contributed by atoms with van der Waals surface area (Å²) < 4.78 is 45.1. The number of guanidine groups is 1. The van der Waals surface area contributed by atoms with Crippen molar-refractivity contribution >= 4 is 28.0 Å². The average Bonchev–Trinajstić information content (AvgIpc) is 3.71. The maximum atomic E-state index is 15.0. The molecule has 0 radical (unpaired) electrons. The molecule has 11 nitrogen and oxygen atoms in total. The maximum Gasteiger partial charge on any atom is 0.408 e. The number of likely N-dealkylation sites (tertiary alicyclic amines) is 1. The normalized spacial score (nSPS) is 21.8. The number of amides is 1. The van der Waals surface area contributed by atoms with Gasteiger partial charge < -0.3 is 24.8 Å². The third kappa shape index (κ3) is 7.35. The van der Waals surface area contributed by atoms with Crippen molar-refractivity contribution in [2.45, 2.75) is 89.8 Å². The standard InChI is InChI=1S/C50H54N4O7S/c1-30-31(2)45(32(3)41-28-49(4,5)61-44(30)41)62(58,59)53-47(51-43-35-16-8-6-14-33(35)22-23-34-15-7-9-17-36(34)43)54-26-24-50(25-27-54,46(55)56)52-48(57)60-29-42-39-20-12-10-18-37(39)38-19-11-13-21-40(38)42/h6-21,32,41-43H,22-29H2,1-5H3,(H,51,53)(H,52,57)(H,55,56). The molecule has 62 heavy (non-hydrogen) atoms. The van der Waals surface area contributed by atoms with Crippen LogP contribution in [0.1, 0.15) is 99.2 Å². The number of aliphatic carboxylic acids is 1. The van der Waals surface area contributed by atoms with Gasteiger partial charge in [0.25, 0.3) is 10.0 Å². The lowest BCUT2D eigenvalue weighted by atomic mass is 9.79. The summed E-state index contributed by atoms with van der Waals surface area (Å²) in [6.07, 6.45) is 1.43. The zero-order chi connectivity index (χ0) is 43.6. The second-order valence-electron chi connectivity index (χ2n) is 18.1. The van der Waals surface area contributed by atoms with Gasteiger partial charge in [0.2, 0.25) is 5.96 Å². The Balaban J connectivity index is 1.02. The predicted octanol–water partition coefficient (Wildman–Crippen LogP) is 8.62. The first-order chi connectivity index (χ1) is 29.7. The Morgan fingerprint density at radius 3 is 1.92 bits per heavy atom. The molecule has 4 aromatic rings. The summed E-state index contributed by atoms with van der Waals surface area (Å²) in [6, 6.07) is 31.8. The van der Waals surface area contributed by atoms with Gasteiger partial charge in [-0.3, -0.25) is 0 Å². The molecular weight excluding hydrogens is 801 g/mol. The number of nitrogens with one attached hydrogen (secondary N) is 2. The summed E-state index contributed by atoms with van der Waals surface area (Å²) in [6.45, 7) is 10.00. The Bertz CT molecular complexity index is 2580. The van der Waals surface area contributed by atoms with Crippen molar-refractivity contribution in [1.29, 1.82) is 0 Å². The van der Waals surface area contributed by atoms with Crippen LogP contribution in [0, 0.1) is 11.8 Å². The van der Waals surface area contributed by atoms with Crippen LogP contribution < -0.4 is 10.0 Å². The van der Waals surface area contributed by atoms with E-state index in [-0.39, 0.29) is 56.3 Å². The number of alkyl carbamates (subject to hydrolysis) is 1. The van der Waals surface area contributed by atoms with Crippen molar-refractivity contribution in [3.8, 4) is 11.1 Å². The van der Waals surface area contributed by atoms with E-state index >= 15 is 0 Å². The molecule has 3 aliphatic carbocycles. The first kappa shape index (κ1) is 41.5. The number of hydrogen-bond donors (Lipinski definition) is 3. The Kier molecular flexibility index (Phi) is 10.6. The largest absolute Gasteiger partial charge is 0.492 e. The molecule has 0 aromatic heterocycles. The quantitative estimate of drug-likeness (QED) is 0.124. The first-order valence-corrected chi connectivity index (χ1v) is 23.1. The van der Waals surface area contributed by atoms with Gasteiger partial charge in [-0.2, -0.15) is 0 Å². The molecule has 322 valence electrons. The molecule has 2 aliphatic heterocycles. The van der Waals surface area contributed by atoms with Crippen LogP contribution in [0.3, 0.4) is 0 Å². The number of allylic oxidation sites excluding steroid dienone is 4. The summed E-state index contributed by atoms with van der Waals surface area (Å²) in [5.41, 5.74) is 7.91. The van der Waals surface area contributed by atoms with E-state index in [4.69, 9.17) is 14.5 Å². The molecule has 0 saturated carbocycles. The van der Waals surface area contributed by atoms with E-state index in [9.17, 15) is 23.1 Å². The number of carbonyl (C=O) groups is 2. The molecule has 3 N–H and O–H groups in total. The van der Waals surface area contributed by atoms with Crippen molar-refractivity contribution in [3.05, 3.63) is 152 Å². The molecule has 5 aliphatic rings. The van der Waals surface area contributed by atoms with Gasteiger partial charge in [0.15, 0.2) is 0 Å². The minimum atomic E-state index is -4.21. The number of nitrogens with zero attached hydrogens (tertiary/aromatic N) is 2. The number of fused-ring (bicyclic) bond motifs is 6. The number of aliphatic imine (C=N–C) groups is 1. The molecule has 1 amide bonds. The van der Waals surface area contributed by atoms with E-state index < -0.39 is 39.3 Å². The van der Waals surface area contributed by atoms with Crippen LogP contribution >= 0.6 is 0 Å². The van der Waals surface area contributed by atoms with Crippen LogP contribution in [0.15, 0.2) is 124 Å². The Labute approximate surface area is 364 Å². The molecular formula is C50H54N4O7S. The highest BCUT2D eigenvalue weighted by atomic mass is 32.2. The number of rotatable bonds is 7. The van der Waals surface area contributed by atoms with Crippen molar-refractivity contribution in [2.24, 2.45) is 16.8 Å². The number of carboxylic acid groups (broad SMARTS) is 1. The molecule has 9 rings (SSSR count). The molecule has 0 spiro atoms. The lowest BCUT2D eigenvalue weighted by Crippen LogP contribution is -2.62. The number of aryl methyl sites for hydroxylation is 2. The highest BCUT2D eigenvalue weighted by molar-refractivity contribution is 7.94. The van der Waals surface area contributed by atoms with Crippen LogP contribution in [0.25, 0.3) is 11.1 Å². The smallest absolute Gasteiger partial charge is 0.408 e. The molecule has 12 heteroatoms. The lowest BCUT2D eigenvalue weighted by Gasteiger charge is -2.40. The fraction of sp³-hybridized carbons (Fsp3) is 0.380. The minimum Gasteiger partial charge on any atom is -0.492 e. The summed E-state index contributed by atoms with van der Waals surface area (Å²) in [5.74, 6) is -0.861. The minimum absolute atomic E-state index is 0.0249. The number of sulfonamides is 1. The number of ether oxygens (including phenoxy) is 2. The van der Waals surface area contributed by atoms with Crippen molar-refractivity contribution in [1.82, 2.24) is 14.9 Å². The molecule has 2 unspecified atom stereocenters. The van der Waals surface area contributed by atoms with Crippen LogP contribution in [0.5, 0.6) is 0 Å². The van der Waals surface area contributed by atoms with Gasteiger partial charge in [0, 0.05) is 30.8 Å². The van der Waals surface area contributed by atoms with Gasteiger partial charge in [-0.25, -0.2) is 27.7 Å². The number of piperidine rings is 1. The van der Waals surface area contributed by atoms with E-state index in [0.717, 1.165) is 68.7 Å². The second kappa shape index (κ2) is 15.8. The van der Waals surface area contributed by atoms with E-state index in [1.807, 2.05) is 100 Å². The fourth-order valence-electron chi connectivity index (χ4n) is 10.6. The van der Waals surface area contributed by atoms with Gasteiger partial charge in [0.1, 0.15) is 29.5 Å². The summed E-state index contributed by atoms with van der Waals surface area (Å²) in [4.78, 5) is 34.2. The zero-order valence-electron chi connectivity index (χ0n) is 35.9. The number of carboxylic acids is 1. The van der Waals surface area contributed by atoms with E-state index in [1.165, 1.54) is 0 Å². The van der Waals surface area contributed by atoms with Crippen molar-refractivity contribution in [2.75, 3.05) is 19.7 Å². The lowest BCUT2D eigenvalue weighted by molar-refractivity contribution is -0.146. The van der Waals surface area contributed by atoms with Gasteiger partial charge in [-0.05, 0) is 115 Å². The van der Waals surface area contributed by atoms with Crippen LogP contribution in [0.2, 0.25) is 0 Å². The topological polar surface area (TPSA) is 147 Å². The monoisotopic (exact) mass is 854 g/mol. The highest BCUT2D eigenvalue weighted by Gasteiger charge is 2.49. The summed E-state index contributed by atoms with van der Waals surface area (Å²) in [7, 11) is -4.21. The van der Waals surface area contributed by atoms with E-state index in [0.29, 0.717) is 16.9 Å².